The third-order valence-corrected chi connectivity index (χ3v) is 4.45. The molecule has 0 spiro atoms. The van der Waals surface area contributed by atoms with Crippen LogP contribution in [0.1, 0.15) is 22.3 Å². The number of esters is 1. The Kier molecular flexibility index (Phi) is 6.25. The van der Waals surface area contributed by atoms with Gasteiger partial charge in [-0.25, -0.2) is 4.79 Å². The van der Waals surface area contributed by atoms with Gasteiger partial charge < -0.3 is 9.30 Å². The molecular weight excluding hydrogens is 376 g/mol. The van der Waals surface area contributed by atoms with Gasteiger partial charge in [0.1, 0.15) is 0 Å². The zero-order valence-electron chi connectivity index (χ0n) is 15.0. The van der Waals surface area contributed by atoms with E-state index in [9.17, 15) is 9.59 Å². The standard InChI is InChI=1S/C22H17ClN2O3/c23-18-9-6-16(7-10-18)21(26)15-28-22(27)11-8-17-14-25(13-3-12-24)20-5-2-1-4-19(17)20/h1-2,4-11,14H,3,13,15H2/b11-8+. The predicted octanol–water partition coefficient (Wildman–Crippen LogP) is 4.65. The van der Waals surface area contributed by atoms with Crippen LogP contribution in [0.5, 0.6) is 0 Å². The van der Waals surface area contributed by atoms with Gasteiger partial charge in [0.05, 0.1) is 12.5 Å². The molecule has 1 aromatic heterocycles. The van der Waals surface area contributed by atoms with E-state index >= 15 is 0 Å². The van der Waals surface area contributed by atoms with Gasteiger partial charge in [-0.2, -0.15) is 5.26 Å². The van der Waals surface area contributed by atoms with Crippen molar-refractivity contribution < 1.29 is 14.3 Å². The molecule has 0 saturated heterocycles. The summed E-state index contributed by atoms with van der Waals surface area (Å²) in [4.78, 5) is 24.0. The number of carbonyl (C=O) groups is 2. The SMILES string of the molecule is N#CCCn1cc(/C=C/C(=O)OCC(=O)c2ccc(Cl)cc2)c2ccccc21. The van der Waals surface area contributed by atoms with Crippen LogP contribution >= 0.6 is 11.6 Å². The molecule has 0 radical (unpaired) electrons. The number of rotatable bonds is 7. The van der Waals surface area contributed by atoms with Gasteiger partial charge in [0.25, 0.3) is 0 Å². The maximum Gasteiger partial charge on any atom is 0.331 e. The zero-order chi connectivity index (χ0) is 19.9. The number of aromatic nitrogens is 1. The highest BCUT2D eigenvalue weighted by atomic mass is 35.5. The summed E-state index contributed by atoms with van der Waals surface area (Å²) in [6.45, 7) is 0.236. The minimum absolute atomic E-state index is 0.300. The molecule has 0 aliphatic rings. The fraction of sp³-hybridized carbons (Fsp3) is 0.136. The van der Waals surface area contributed by atoms with Crippen LogP contribution in [0.2, 0.25) is 5.02 Å². The number of ether oxygens (including phenoxy) is 1. The number of aryl methyl sites for hydroxylation is 1. The predicted molar refractivity (Wildman–Crippen MR) is 108 cm³/mol. The monoisotopic (exact) mass is 392 g/mol. The highest BCUT2D eigenvalue weighted by Gasteiger charge is 2.09. The number of nitriles is 1. The summed E-state index contributed by atoms with van der Waals surface area (Å²) in [5, 5.41) is 10.3. The number of benzene rings is 2. The minimum Gasteiger partial charge on any atom is -0.454 e. The fourth-order valence-electron chi connectivity index (χ4n) is 2.83. The average Bonchev–Trinajstić information content (AvgIpc) is 3.07. The van der Waals surface area contributed by atoms with Gasteiger partial charge in [0.2, 0.25) is 0 Å². The number of halogens is 1. The van der Waals surface area contributed by atoms with Gasteiger partial charge in [-0.1, -0.05) is 29.8 Å². The molecule has 0 aliphatic heterocycles. The lowest BCUT2D eigenvalue weighted by atomic mass is 10.1. The lowest BCUT2D eigenvalue weighted by molar-refractivity contribution is -0.136. The second-order valence-electron chi connectivity index (χ2n) is 6.07. The number of ketones is 1. The van der Waals surface area contributed by atoms with E-state index in [1.807, 2.05) is 35.0 Å². The molecule has 0 N–H and O–H groups in total. The van der Waals surface area contributed by atoms with Gasteiger partial charge in [-0.05, 0) is 36.4 Å². The van der Waals surface area contributed by atoms with Gasteiger partial charge in [-0.15, -0.1) is 0 Å². The van der Waals surface area contributed by atoms with Crippen LogP contribution in [0, 0.1) is 11.3 Å². The molecule has 3 rings (SSSR count). The number of hydrogen-bond acceptors (Lipinski definition) is 4. The number of Topliss-reactive ketones (excluding diaryl/α,β-unsaturated/α-hetero) is 1. The first-order valence-electron chi connectivity index (χ1n) is 8.67. The first-order valence-corrected chi connectivity index (χ1v) is 9.04. The van der Waals surface area contributed by atoms with Crippen molar-refractivity contribution in [1.82, 2.24) is 4.57 Å². The summed E-state index contributed by atoms with van der Waals surface area (Å²) < 4.78 is 7.02. The van der Waals surface area contributed by atoms with E-state index in [2.05, 4.69) is 6.07 Å². The molecule has 1 heterocycles. The van der Waals surface area contributed by atoms with Crippen molar-refractivity contribution in [3.63, 3.8) is 0 Å². The largest absolute Gasteiger partial charge is 0.454 e. The molecule has 5 nitrogen and oxygen atoms in total. The van der Waals surface area contributed by atoms with Crippen molar-refractivity contribution >= 4 is 40.3 Å². The first kappa shape index (κ1) is 19.4. The van der Waals surface area contributed by atoms with Crippen LogP contribution in [0.4, 0.5) is 0 Å². The zero-order valence-corrected chi connectivity index (χ0v) is 15.7. The van der Waals surface area contributed by atoms with Crippen LogP contribution < -0.4 is 0 Å². The third kappa shape index (κ3) is 4.67. The molecule has 0 bridgehead atoms. The number of carbonyl (C=O) groups excluding carboxylic acids is 2. The summed E-state index contributed by atoms with van der Waals surface area (Å²) in [6.07, 6.45) is 5.24. The fourth-order valence-corrected chi connectivity index (χ4v) is 2.95. The highest BCUT2D eigenvalue weighted by molar-refractivity contribution is 6.30. The molecule has 2 aromatic carbocycles. The van der Waals surface area contributed by atoms with Crippen molar-refractivity contribution in [2.75, 3.05) is 6.61 Å². The molecule has 0 aliphatic carbocycles. The second-order valence-corrected chi connectivity index (χ2v) is 6.51. The number of hydrogen-bond donors (Lipinski definition) is 0. The van der Waals surface area contributed by atoms with E-state index < -0.39 is 5.97 Å². The third-order valence-electron chi connectivity index (χ3n) is 4.19. The van der Waals surface area contributed by atoms with E-state index in [1.165, 1.54) is 6.08 Å². The smallest absolute Gasteiger partial charge is 0.331 e. The van der Waals surface area contributed by atoms with Crippen LogP contribution in [0.25, 0.3) is 17.0 Å². The molecule has 6 heteroatoms. The molecule has 3 aromatic rings. The summed E-state index contributed by atoms with van der Waals surface area (Å²) in [5.74, 6) is -0.900. The van der Waals surface area contributed by atoms with Crippen LogP contribution in [0.3, 0.4) is 0 Å². The Labute approximate surface area is 167 Å². The molecule has 28 heavy (non-hydrogen) atoms. The summed E-state index contributed by atoms with van der Waals surface area (Å²) >= 11 is 5.79. The Morgan fingerprint density at radius 1 is 1.14 bits per heavy atom. The maximum atomic E-state index is 12.0. The Morgan fingerprint density at radius 2 is 1.89 bits per heavy atom. The van der Waals surface area contributed by atoms with Crippen LogP contribution in [-0.2, 0) is 16.1 Å². The van der Waals surface area contributed by atoms with E-state index in [-0.39, 0.29) is 12.4 Å². The maximum absolute atomic E-state index is 12.0. The van der Waals surface area contributed by atoms with E-state index in [1.54, 1.807) is 30.3 Å². The van der Waals surface area contributed by atoms with Crippen molar-refractivity contribution in [2.45, 2.75) is 13.0 Å². The topological polar surface area (TPSA) is 72.1 Å². The Balaban J connectivity index is 1.66. The van der Waals surface area contributed by atoms with E-state index in [4.69, 9.17) is 21.6 Å². The number of para-hydroxylation sites is 1. The number of fused-ring (bicyclic) bond motifs is 1. The molecule has 140 valence electrons. The summed E-state index contributed by atoms with van der Waals surface area (Å²) in [5.41, 5.74) is 2.26. The lowest BCUT2D eigenvalue weighted by Crippen LogP contribution is -2.12. The van der Waals surface area contributed by atoms with Gasteiger partial charge in [0, 0.05) is 45.9 Å². The lowest BCUT2D eigenvalue weighted by Gasteiger charge is -2.02. The molecular formula is C22H17ClN2O3. The summed E-state index contributed by atoms with van der Waals surface area (Å²) in [7, 11) is 0. The number of nitrogens with zero attached hydrogens (tertiary/aromatic N) is 2. The van der Waals surface area contributed by atoms with E-state index in [0.29, 0.717) is 23.6 Å². The van der Waals surface area contributed by atoms with Gasteiger partial charge >= 0.3 is 5.97 Å². The van der Waals surface area contributed by atoms with E-state index in [0.717, 1.165) is 16.5 Å². The molecule has 0 amide bonds. The Hall–Kier alpha value is -3.36. The van der Waals surface area contributed by atoms with Crippen molar-refractivity contribution in [3.8, 4) is 6.07 Å². The Morgan fingerprint density at radius 3 is 2.64 bits per heavy atom. The first-order chi connectivity index (χ1) is 13.6. The van der Waals surface area contributed by atoms with Crippen LogP contribution in [-0.4, -0.2) is 22.9 Å². The van der Waals surface area contributed by atoms with Crippen molar-refractivity contribution in [3.05, 3.63) is 77.0 Å². The second kappa shape index (κ2) is 9.03. The average molecular weight is 393 g/mol. The quantitative estimate of drug-likeness (QED) is 0.333. The van der Waals surface area contributed by atoms with Crippen molar-refractivity contribution in [1.29, 1.82) is 5.26 Å². The normalized spacial score (nSPS) is 10.9. The van der Waals surface area contributed by atoms with Gasteiger partial charge in [0.15, 0.2) is 12.4 Å². The summed E-state index contributed by atoms with van der Waals surface area (Å²) in [6, 6.07) is 16.3. The molecule has 0 saturated carbocycles. The van der Waals surface area contributed by atoms with Crippen LogP contribution in [0.15, 0.2) is 60.8 Å². The van der Waals surface area contributed by atoms with Gasteiger partial charge in [-0.3, -0.25) is 4.79 Å². The minimum atomic E-state index is -0.601. The Bertz CT molecular complexity index is 1080. The molecule has 0 atom stereocenters. The molecule has 0 fully saturated rings. The highest BCUT2D eigenvalue weighted by Crippen LogP contribution is 2.23. The molecule has 0 unspecified atom stereocenters. The van der Waals surface area contributed by atoms with Crippen molar-refractivity contribution in [2.24, 2.45) is 0 Å².